The number of hydrogen-bond donors (Lipinski definition) is 1. The highest BCUT2D eigenvalue weighted by Gasteiger charge is 2.25. The molecule has 1 aliphatic heterocycles. The van der Waals surface area contributed by atoms with Gasteiger partial charge in [0.2, 0.25) is 0 Å². The van der Waals surface area contributed by atoms with Crippen LogP contribution < -0.4 is 10.1 Å². The predicted molar refractivity (Wildman–Crippen MR) is 81.1 cm³/mol. The topological polar surface area (TPSA) is 55.4 Å². The molecule has 0 fully saturated rings. The van der Waals surface area contributed by atoms with E-state index < -0.39 is 5.91 Å². The molecule has 0 saturated heterocycles. The number of carbonyl (C=O) groups excluding carboxylic acids is 2. The highest BCUT2D eigenvalue weighted by molar-refractivity contribution is 6.32. The molecule has 1 heterocycles. The molecule has 2 aromatic carbocycles. The van der Waals surface area contributed by atoms with Crippen molar-refractivity contribution in [2.24, 2.45) is 0 Å². The summed E-state index contributed by atoms with van der Waals surface area (Å²) in [5.74, 6) is 0.327. The number of ether oxygens (including phenoxy) is 1. The third-order valence-electron chi connectivity index (χ3n) is 3.26. The normalized spacial score (nSPS) is 12.6. The minimum Gasteiger partial charge on any atom is -0.454 e. The summed E-state index contributed by atoms with van der Waals surface area (Å²) in [5.41, 5.74) is 1.50. The van der Waals surface area contributed by atoms with E-state index in [1.165, 1.54) is 12.1 Å². The lowest BCUT2D eigenvalue weighted by Gasteiger charge is -2.14. The molecule has 4 nitrogen and oxygen atoms in total. The lowest BCUT2D eigenvalue weighted by atomic mass is 10.1. The summed E-state index contributed by atoms with van der Waals surface area (Å²) in [6.45, 7) is 1.75. The molecule has 21 heavy (non-hydrogen) atoms. The van der Waals surface area contributed by atoms with E-state index in [9.17, 15) is 9.59 Å². The molecule has 0 radical (unpaired) electrons. The molecule has 0 unspecified atom stereocenters. The maximum Gasteiger partial charge on any atom is 0.259 e. The van der Waals surface area contributed by atoms with Crippen molar-refractivity contribution in [3.63, 3.8) is 0 Å². The van der Waals surface area contributed by atoms with Crippen LogP contribution in [0, 0.1) is 6.92 Å². The Kier molecular flexibility index (Phi) is 3.35. The van der Waals surface area contributed by atoms with Crippen LogP contribution in [0.1, 0.15) is 26.3 Å². The minimum absolute atomic E-state index is 0.257. The number of nitrogens with one attached hydrogen (secondary N) is 1. The van der Waals surface area contributed by atoms with Gasteiger partial charge in [0.1, 0.15) is 5.75 Å². The van der Waals surface area contributed by atoms with Crippen LogP contribution in [0.4, 0.5) is 5.69 Å². The molecule has 0 bridgehead atoms. The van der Waals surface area contributed by atoms with E-state index in [-0.39, 0.29) is 5.56 Å². The first-order valence-corrected chi connectivity index (χ1v) is 6.84. The number of hydrogen-bond acceptors (Lipinski definition) is 3. The largest absolute Gasteiger partial charge is 0.454 e. The van der Waals surface area contributed by atoms with Gasteiger partial charge in [-0.25, -0.2) is 0 Å². The Morgan fingerprint density at radius 2 is 2.00 bits per heavy atom. The molecule has 0 aromatic heterocycles. The van der Waals surface area contributed by atoms with Gasteiger partial charge in [0.25, 0.3) is 5.91 Å². The molecule has 1 N–H and O–H groups in total. The Labute approximate surface area is 130 Å². The van der Waals surface area contributed by atoms with Crippen molar-refractivity contribution in [2.75, 3.05) is 5.32 Å². The van der Waals surface area contributed by atoms with Gasteiger partial charge in [-0.2, -0.15) is 0 Å². The number of fused-ring (bicyclic) bond motifs is 2. The quantitative estimate of drug-likeness (QED) is 0.788. The average Bonchev–Trinajstić information content (AvgIpc) is 2.60. The van der Waals surface area contributed by atoms with Crippen LogP contribution in [0.3, 0.4) is 0 Å². The number of aldehydes is 1. The fourth-order valence-corrected chi connectivity index (χ4v) is 2.53. The number of benzene rings is 2. The van der Waals surface area contributed by atoms with E-state index in [1.807, 2.05) is 0 Å². The number of anilines is 1. The summed E-state index contributed by atoms with van der Waals surface area (Å²) in [6, 6.07) is 6.23. The molecule has 1 aliphatic rings. The Morgan fingerprint density at radius 1 is 1.24 bits per heavy atom. The molecule has 0 atom stereocenters. The van der Waals surface area contributed by atoms with Crippen LogP contribution >= 0.6 is 23.2 Å². The van der Waals surface area contributed by atoms with Gasteiger partial charge in [-0.1, -0.05) is 23.2 Å². The highest BCUT2D eigenvalue weighted by Crippen LogP contribution is 2.42. The minimum atomic E-state index is -0.393. The Morgan fingerprint density at radius 3 is 2.71 bits per heavy atom. The smallest absolute Gasteiger partial charge is 0.259 e. The van der Waals surface area contributed by atoms with Crippen molar-refractivity contribution < 1.29 is 14.3 Å². The number of halogens is 2. The lowest BCUT2D eigenvalue weighted by Crippen LogP contribution is -2.12. The van der Waals surface area contributed by atoms with Crippen molar-refractivity contribution in [1.29, 1.82) is 0 Å². The monoisotopic (exact) mass is 321 g/mol. The molecule has 2 aromatic rings. The van der Waals surface area contributed by atoms with Gasteiger partial charge in [-0.15, -0.1) is 0 Å². The molecule has 0 aliphatic carbocycles. The van der Waals surface area contributed by atoms with Crippen LogP contribution in [-0.2, 0) is 0 Å². The summed E-state index contributed by atoms with van der Waals surface area (Å²) in [4.78, 5) is 23.5. The van der Waals surface area contributed by atoms with Gasteiger partial charge in [0.15, 0.2) is 12.0 Å². The molecule has 6 heteroatoms. The summed E-state index contributed by atoms with van der Waals surface area (Å²) >= 11 is 12.0. The maximum absolute atomic E-state index is 12.3. The summed E-state index contributed by atoms with van der Waals surface area (Å²) in [6.07, 6.45) is 0.622. The van der Waals surface area contributed by atoms with Gasteiger partial charge < -0.3 is 10.1 Å². The summed E-state index contributed by atoms with van der Waals surface area (Å²) in [7, 11) is 0. The Balaban J connectivity index is 2.27. The van der Waals surface area contributed by atoms with E-state index in [1.54, 1.807) is 19.1 Å². The molecule has 106 valence electrons. The van der Waals surface area contributed by atoms with E-state index in [2.05, 4.69) is 5.32 Å². The van der Waals surface area contributed by atoms with Crippen LogP contribution in [0.5, 0.6) is 11.5 Å². The maximum atomic E-state index is 12.3. The van der Waals surface area contributed by atoms with E-state index in [0.29, 0.717) is 44.6 Å². The molecule has 1 amide bonds. The van der Waals surface area contributed by atoms with Crippen LogP contribution in [0.25, 0.3) is 0 Å². The first-order valence-electron chi connectivity index (χ1n) is 6.08. The average molecular weight is 322 g/mol. The van der Waals surface area contributed by atoms with E-state index in [4.69, 9.17) is 27.9 Å². The molecule has 0 saturated carbocycles. The fraction of sp³-hybridized carbons (Fsp3) is 0.0667. The molecular formula is C15H9Cl2NO3. The van der Waals surface area contributed by atoms with Crippen LogP contribution in [0.15, 0.2) is 24.3 Å². The predicted octanol–water partition coefficient (Wildman–Crippen LogP) is 4.47. The van der Waals surface area contributed by atoms with Crippen molar-refractivity contribution in [3.8, 4) is 11.5 Å². The van der Waals surface area contributed by atoms with Crippen molar-refractivity contribution in [2.45, 2.75) is 6.92 Å². The Hall–Kier alpha value is -2.04. The summed E-state index contributed by atoms with van der Waals surface area (Å²) in [5, 5.41) is 3.49. The number of rotatable bonds is 1. The second-order valence-corrected chi connectivity index (χ2v) is 5.43. The number of amides is 1. The standard InChI is InChI=1S/C15H9Cl2NO3/c1-7-11(17)4-8(6-19)13-14(7)21-12-3-2-9(16)5-10(12)15(20)18-13/h2-6H,1H3,(H,18,20). The zero-order chi connectivity index (χ0) is 15.1. The molecule has 0 spiro atoms. The zero-order valence-electron chi connectivity index (χ0n) is 10.9. The van der Waals surface area contributed by atoms with Crippen molar-refractivity contribution >= 4 is 41.1 Å². The van der Waals surface area contributed by atoms with Gasteiger partial charge in [-0.05, 0) is 31.2 Å². The van der Waals surface area contributed by atoms with Crippen molar-refractivity contribution in [1.82, 2.24) is 0 Å². The van der Waals surface area contributed by atoms with Gasteiger partial charge in [0.05, 0.1) is 11.3 Å². The fourth-order valence-electron chi connectivity index (χ4n) is 2.15. The SMILES string of the molecule is Cc1c(Cl)cc(C=O)c2c1Oc1ccc(Cl)cc1C(=O)N2. The second kappa shape index (κ2) is 5.06. The first kappa shape index (κ1) is 13.9. The Bertz CT molecular complexity index is 787. The van der Waals surface area contributed by atoms with E-state index in [0.717, 1.165) is 0 Å². The first-order chi connectivity index (χ1) is 10.0. The van der Waals surface area contributed by atoms with Crippen molar-refractivity contribution in [3.05, 3.63) is 51.0 Å². The lowest BCUT2D eigenvalue weighted by molar-refractivity contribution is 0.102. The third-order valence-corrected chi connectivity index (χ3v) is 3.89. The van der Waals surface area contributed by atoms with Gasteiger partial charge in [0, 0.05) is 21.2 Å². The third kappa shape index (κ3) is 2.26. The number of carbonyl (C=O) groups is 2. The van der Waals surface area contributed by atoms with E-state index >= 15 is 0 Å². The van der Waals surface area contributed by atoms with Gasteiger partial charge in [-0.3, -0.25) is 9.59 Å². The zero-order valence-corrected chi connectivity index (χ0v) is 12.4. The summed E-state index contributed by atoms with van der Waals surface area (Å²) < 4.78 is 5.80. The molecule has 3 rings (SSSR count). The second-order valence-electron chi connectivity index (χ2n) is 4.59. The van der Waals surface area contributed by atoms with Gasteiger partial charge >= 0.3 is 0 Å². The molecular weight excluding hydrogens is 313 g/mol. The van der Waals surface area contributed by atoms with Crippen LogP contribution in [0.2, 0.25) is 10.0 Å². The van der Waals surface area contributed by atoms with Crippen LogP contribution in [-0.4, -0.2) is 12.2 Å². The highest BCUT2D eigenvalue weighted by atomic mass is 35.5.